The van der Waals surface area contributed by atoms with Crippen molar-refractivity contribution in [2.24, 2.45) is 0 Å². The minimum Gasteiger partial charge on any atom is -0.378 e. The van der Waals surface area contributed by atoms with Gasteiger partial charge < -0.3 is 10.2 Å². The third-order valence-electron chi connectivity index (χ3n) is 5.07. The lowest BCUT2D eigenvalue weighted by Gasteiger charge is -2.22. The Morgan fingerprint density at radius 1 is 0.839 bits per heavy atom. The van der Waals surface area contributed by atoms with E-state index in [1.807, 2.05) is 63.2 Å². The minimum atomic E-state index is -4.41. The quantitative estimate of drug-likeness (QED) is 0.550. The van der Waals surface area contributed by atoms with Crippen molar-refractivity contribution in [3.05, 3.63) is 100 Å². The largest absolute Gasteiger partial charge is 0.416 e. The highest BCUT2D eigenvalue weighted by Gasteiger charge is 2.30. The number of amides is 1. The molecule has 0 aliphatic rings. The van der Waals surface area contributed by atoms with E-state index in [2.05, 4.69) is 5.32 Å². The van der Waals surface area contributed by atoms with Gasteiger partial charge in [0, 0.05) is 25.3 Å². The van der Waals surface area contributed by atoms with Crippen molar-refractivity contribution in [2.45, 2.75) is 26.1 Å². The van der Waals surface area contributed by atoms with Crippen LogP contribution in [0.1, 0.15) is 44.2 Å². The van der Waals surface area contributed by atoms with E-state index in [9.17, 15) is 18.0 Å². The molecular weight excluding hydrogens is 401 g/mol. The topological polar surface area (TPSA) is 32.3 Å². The molecule has 0 aliphatic carbocycles. The standard InChI is InChI=1S/C25H25F3N2O/c1-16-13-17(2)15-20(14-16)24(31)29-23(19-7-11-22(12-8-19)30(3)4)18-5-9-21(10-6-18)25(26,27)28/h5-15,23H,1-4H3,(H,29,31). The number of halogens is 3. The zero-order chi connectivity index (χ0) is 22.8. The minimum absolute atomic E-state index is 0.284. The Labute approximate surface area is 180 Å². The van der Waals surface area contributed by atoms with Crippen LogP contribution in [0, 0.1) is 13.8 Å². The fraction of sp³-hybridized carbons (Fsp3) is 0.240. The SMILES string of the molecule is Cc1cc(C)cc(C(=O)NC(c2ccc(N(C)C)cc2)c2ccc(C(F)(F)F)cc2)c1. The van der Waals surface area contributed by atoms with Gasteiger partial charge in [0.15, 0.2) is 0 Å². The zero-order valence-corrected chi connectivity index (χ0v) is 17.9. The van der Waals surface area contributed by atoms with Crippen LogP contribution >= 0.6 is 0 Å². The van der Waals surface area contributed by atoms with Crippen molar-refractivity contribution >= 4 is 11.6 Å². The Kier molecular flexibility index (Phi) is 6.39. The van der Waals surface area contributed by atoms with Crippen LogP contribution in [-0.4, -0.2) is 20.0 Å². The second-order valence-corrected chi connectivity index (χ2v) is 7.89. The van der Waals surface area contributed by atoms with Gasteiger partial charge in [0.2, 0.25) is 0 Å². The van der Waals surface area contributed by atoms with E-state index in [4.69, 9.17) is 0 Å². The molecule has 1 unspecified atom stereocenters. The predicted molar refractivity (Wildman–Crippen MR) is 117 cm³/mol. The first-order valence-corrected chi connectivity index (χ1v) is 9.88. The molecule has 1 atom stereocenters. The zero-order valence-electron chi connectivity index (χ0n) is 17.9. The third-order valence-corrected chi connectivity index (χ3v) is 5.07. The van der Waals surface area contributed by atoms with Crippen molar-refractivity contribution in [3.63, 3.8) is 0 Å². The predicted octanol–water partition coefficient (Wildman–Crippen LogP) is 5.91. The molecule has 0 heterocycles. The Morgan fingerprint density at radius 2 is 1.32 bits per heavy atom. The summed E-state index contributed by atoms with van der Waals surface area (Å²) in [5.74, 6) is -0.284. The van der Waals surface area contributed by atoms with Crippen LogP contribution in [0.3, 0.4) is 0 Å². The molecule has 0 saturated carbocycles. The Bertz CT molecular complexity index is 1040. The first-order valence-electron chi connectivity index (χ1n) is 9.88. The lowest BCUT2D eigenvalue weighted by atomic mass is 9.96. The fourth-order valence-corrected chi connectivity index (χ4v) is 3.51. The monoisotopic (exact) mass is 426 g/mol. The molecule has 1 N–H and O–H groups in total. The highest BCUT2D eigenvalue weighted by atomic mass is 19.4. The number of anilines is 1. The number of carbonyl (C=O) groups excluding carboxylic acids is 1. The van der Waals surface area contributed by atoms with E-state index in [0.29, 0.717) is 11.1 Å². The number of hydrogen-bond acceptors (Lipinski definition) is 2. The number of nitrogens with one attached hydrogen (secondary N) is 1. The number of nitrogens with zero attached hydrogens (tertiary/aromatic N) is 1. The highest BCUT2D eigenvalue weighted by molar-refractivity contribution is 5.95. The molecule has 0 aromatic heterocycles. The summed E-state index contributed by atoms with van der Waals surface area (Å²) in [5, 5.41) is 2.99. The number of rotatable bonds is 5. The number of alkyl halides is 3. The number of carbonyl (C=O) groups is 1. The van der Waals surface area contributed by atoms with E-state index >= 15 is 0 Å². The second-order valence-electron chi connectivity index (χ2n) is 7.89. The van der Waals surface area contributed by atoms with E-state index in [0.717, 1.165) is 34.5 Å². The molecule has 3 rings (SSSR count). The van der Waals surface area contributed by atoms with Gasteiger partial charge in [-0.2, -0.15) is 13.2 Å². The van der Waals surface area contributed by atoms with Crippen molar-refractivity contribution in [1.29, 1.82) is 0 Å². The molecule has 1 amide bonds. The van der Waals surface area contributed by atoms with Gasteiger partial charge in [0.05, 0.1) is 11.6 Å². The molecule has 0 aliphatic heterocycles. The molecule has 0 spiro atoms. The van der Waals surface area contributed by atoms with Gasteiger partial charge in [0.25, 0.3) is 5.91 Å². The van der Waals surface area contributed by atoms with E-state index < -0.39 is 17.8 Å². The molecule has 0 fully saturated rings. The van der Waals surface area contributed by atoms with Crippen LogP contribution in [0.4, 0.5) is 18.9 Å². The molecule has 0 radical (unpaired) electrons. The molecule has 3 aromatic rings. The van der Waals surface area contributed by atoms with Crippen LogP contribution in [0.5, 0.6) is 0 Å². The Hall–Kier alpha value is -3.28. The van der Waals surface area contributed by atoms with E-state index in [-0.39, 0.29) is 5.91 Å². The normalized spacial score (nSPS) is 12.4. The van der Waals surface area contributed by atoms with Crippen LogP contribution in [0.15, 0.2) is 66.7 Å². The maximum atomic E-state index is 13.0. The number of hydrogen-bond donors (Lipinski definition) is 1. The van der Waals surface area contributed by atoms with Gasteiger partial charge in [-0.15, -0.1) is 0 Å². The van der Waals surface area contributed by atoms with Crippen LogP contribution < -0.4 is 10.2 Å². The second kappa shape index (κ2) is 8.84. The molecule has 3 aromatic carbocycles. The molecule has 0 bridgehead atoms. The van der Waals surface area contributed by atoms with Crippen molar-refractivity contribution in [2.75, 3.05) is 19.0 Å². The van der Waals surface area contributed by atoms with E-state index in [1.54, 1.807) is 12.1 Å². The summed E-state index contributed by atoms with van der Waals surface area (Å²) in [4.78, 5) is 15.0. The molecule has 6 heteroatoms. The summed E-state index contributed by atoms with van der Waals surface area (Å²) in [6, 6.07) is 17.5. The maximum absolute atomic E-state index is 13.0. The fourth-order valence-electron chi connectivity index (χ4n) is 3.51. The van der Waals surface area contributed by atoms with Gasteiger partial charge in [-0.05, 0) is 61.4 Å². The molecule has 0 saturated heterocycles. The summed E-state index contributed by atoms with van der Waals surface area (Å²) in [5.41, 5.74) is 4.05. The van der Waals surface area contributed by atoms with Gasteiger partial charge in [-0.1, -0.05) is 41.5 Å². The van der Waals surface area contributed by atoms with Gasteiger partial charge in [-0.25, -0.2) is 0 Å². The number of aryl methyl sites for hydroxylation is 2. The van der Waals surface area contributed by atoms with Crippen LogP contribution in [0.2, 0.25) is 0 Å². The molecule has 31 heavy (non-hydrogen) atoms. The van der Waals surface area contributed by atoms with Crippen LogP contribution in [-0.2, 0) is 6.18 Å². The summed E-state index contributed by atoms with van der Waals surface area (Å²) in [7, 11) is 3.84. The maximum Gasteiger partial charge on any atom is 0.416 e. The summed E-state index contributed by atoms with van der Waals surface area (Å²) >= 11 is 0. The van der Waals surface area contributed by atoms with Gasteiger partial charge in [0.1, 0.15) is 0 Å². The molecule has 162 valence electrons. The van der Waals surface area contributed by atoms with Crippen molar-refractivity contribution in [1.82, 2.24) is 5.32 Å². The third kappa shape index (κ3) is 5.45. The Balaban J connectivity index is 1.98. The number of benzene rings is 3. The molecular formula is C25H25F3N2O. The highest BCUT2D eigenvalue weighted by Crippen LogP contribution is 2.31. The molecule has 3 nitrogen and oxygen atoms in total. The lowest BCUT2D eigenvalue weighted by Crippen LogP contribution is -2.29. The van der Waals surface area contributed by atoms with Crippen molar-refractivity contribution in [3.8, 4) is 0 Å². The van der Waals surface area contributed by atoms with E-state index in [1.165, 1.54) is 12.1 Å². The first kappa shape index (κ1) is 22.4. The average molecular weight is 426 g/mol. The van der Waals surface area contributed by atoms with Crippen LogP contribution in [0.25, 0.3) is 0 Å². The van der Waals surface area contributed by atoms with Gasteiger partial charge >= 0.3 is 6.18 Å². The Morgan fingerprint density at radius 3 is 1.77 bits per heavy atom. The summed E-state index contributed by atoms with van der Waals surface area (Å²) in [6.07, 6.45) is -4.41. The average Bonchev–Trinajstić information content (AvgIpc) is 2.70. The summed E-state index contributed by atoms with van der Waals surface area (Å²) < 4.78 is 39.0. The smallest absolute Gasteiger partial charge is 0.378 e. The van der Waals surface area contributed by atoms with Crippen molar-refractivity contribution < 1.29 is 18.0 Å². The van der Waals surface area contributed by atoms with Gasteiger partial charge in [-0.3, -0.25) is 4.79 Å². The summed E-state index contributed by atoms with van der Waals surface area (Å²) in [6.45, 7) is 3.83. The lowest BCUT2D eigenvalue weighted by molar-refractivity contribution is -0.137. The first-order chi connectivity index (χ1) is 14.5.